The molecule has 1 aliphatic heterocycles. The molecule has 0 spiro atoms. The van der Waals surface area contributed by atoms with Gasteiger partial charge in [0, 0.05) is 25.0 Å². The molecule has 3 nitrogen and oxygen atoms in total. The van der Waals surface area contributed by atoms with E-state index in [0.717, 1.165) is 6.54 Å². The Bertz CT molecular complexity index is 169. The molecule has 3 N–H and O–H groups in total. The summed E-state index contributed by atoms with van der Waals surface area (Å²) in [5.74, 6) is 0.310. The Morgan fingerprint density at radius 2 is 1.92 bits per heavy atom. The Balaban J connectivity index is 2.39. The van der Waals surface area contributed by atoms with Gasteiger partial charge in [-0.05, 0) is 26.7 Å². The van der Waals surface area contributed by atoms with Crippen molar-refractivity contribution in [2.24, 2.45) is 5.73 Å². The lowest BCUT2D eigenvalue weighted by molar-refractivity contribution is 0.107. The fraction of sp³-hybridized carbons (Fsp3) is 0.900. The van der Waals surface area contributed by atoms with E-state index >= 15 is 0 Å². The lowest BCUT2D eigenvalue weighted by Gasteiger charge is -2.38. The van der Waals surface area contributed by atoms with E-state index in [1.165, 1.54) is 19.3 Å². The summed E-state index contributed by atoms with van der Waals surface area (Å²) in [4.78, 5) is 2.48. The summed E-state index contributed by atoms with van der Waals surface area (Å²) >= 11 is 0. The van der Waals surface area contributed by atoms with Gasteiger partial charge in [-0.3, -0.25) is 10.3 Å². The Hall–Kier alpha value is -0.570. The largest absolute Gasteiger partial charge is 0.388 e. The summed E-state index contributed by atoms with van der Waals surface area (Å²) in [6.07, 6.45) is 4.65. The van der Waals surface area contributed by atoms with Crippen LogP contribution in [0.1, 0.15) is 39.5 Å². The van der Waals surface area contributed by atoms with Gasteiger partial charge in [0.2, 0.25) is 0 Å². The molecule has 76 valence electrons. The Morgan fingerprint density at radius 1 is 1.38 bits per heavy atom. The number of hydrogen-bond acceptors (Lipinski definition) is 2. The van der Waals surface area contributed by atoms with Gasteiger partial charge in [0.25, 0.3) is 0 Å². The molecule has 0 aromatic rings. The second kappa shape index (κ2) is 4.61. The number of nitrogens with one attached hydrogen (secondary N) is 1. The van der Waals surface area contributed by atoms with E-state index in [4.69, 9.17) is 11.1 Å². The fourth-order valence-corrected chi connectivity index (χ4v) is 2.17. The molecule has 2 unspecified atom stereocenters. The minimum Gasteiger partial charge on any atom is -0.388 e. The van der Waals surface area contributed by atoms with Crippen molar-refractivity contribution < 1.29 is 0 Å². The smallest absolute Gasteiger partial charge is 0.0918 e. The van der Waals surface area contributed by atoms with Gasteiger partial charge in [-0.1, -0.05) is 6.42 Å². The average Bonchev–Trinajstić information content (AvgIpc) is 2.03. The summed E-state index contributed by atoms with van der Waals surface area (Å²) in [5, 5.41) is 7.20. The number of nitrogens with zero attached hydrogens (tertiary/aromatic N) is 1. The molecule has 1 rings (SSSR count). The molecule has 1 aliphatic rings. The first-order valence-electron chi connectivity index (χ1n) is 5.20. The molecule has 0 aliphatic carbocycles. The third kappa shape index (κ3) is 2.99. The Labute approximate surface area is 80.8 Å². The predicted octanol–water partition coefficient (Wildman–Crippen LogP) is 1.58. The molecular formula is C10H21N3. The lowest BCUT2D eigenvalue weighted by atomic mass is 9.97. The standard InChI is InChI=1S/C10H21N3/c1-8-4-3-5-9(2)13(8)7-6-10(11)12/h8-9H,3-7H2,1-2H3,(H3,11,12). The topological polar surface area (TPSA) is 53.1 Å². The molecule has 3 heteroatoms. The van der Waals surface area contributed by atoms with E-state index in [-0.39, 0.29) is 0 Å². The average molecular weight is 183 g/mol. The fourth-order valence-electron chi connectivity index (χ4n) is 2.17. The zero-order valence-electron chi connectivity index (χ0n) is 8.71. The first-order valence-corrected chi connectivity index (χ1v) is 5.20. The van der Waals surface area contributed by atoms with E-state index in [2.05, 4.69) is 18.7 Å². The van der Waals surface area contributed by atoms with Gasteiger partial charge >= 0.3 is 0 Å². The van der Waals surface area contributed by atoms with Crippen LogP contribution in [0, 0.1) is 5.41 Å². The van der Waals surface area contributed by atoms with Crippen LogP contribution < -0.4 is 5.73 Å². The summed E-state index contributed by atoms with van der Waals surface area (Å²) in [5.41, 5.74) is 5.36. The summed E-state index contributed by atoms with van der Waals surface area (Å²) < 4.78 is 0. The molecule has 2 atom stereocenters. The zero-order valence-corrected chi connectivity index (χ0v) is 8.71. The molecule has 0 amide bonds. The van der Waals surface area contributed by atoms with Crippen LogP contribution >= 0.6 is 0 Å². The molecular weight excluding hydrogens is 162 g/mol. The van der Waals surface area contributed by atoms with Gasteiger partial charge in [0.15, 0.2) is 0 Å². The third-order valence-corrected chi connectivity index (χ3v) is 3.02. The highest BCUT2D eigenvalue weighted by molar-refractivity contribution is 5.76. The van der Waals surface area contributed by atoms with Crippen molar-refractivity contribution in [2.45, 2.75) is 51.6 Å². The van der Waals surface area contributed by atoms with Gasteiger partial charge < -0.3 is 5.73 Å². The Kier molecular flexibility index (Phi) is 3.72. The highest BCUT2D eigenvalue weighted by Crippen LogP contribution is 2.22. The van der Waals surface area contributed by atoms with Crippen molar-refractivity contribution in [3.8, 4) is 0 Å². The summed E-state index contributed by atoms with van der Waals surface area (Å²) in [6, 6.07) is 1.34. The Morgan fingerprint density at radius 3 is 2.38 bits per heavy atom. The third-order valence-electron chi connectivity index (χ3n) is 3.02. The lowest BCUT2D eigenvalue weighted by Crippen LogP contribution is -2.44. The molecule has 0 aromatic carbocycles. The van der Waals surface area contributed by atoms with Gasteiger partial charge in [-0.2, -0.15) is 0 Å². The highest BCUT2D eigenvalue weighted by Gasteiger charge is 2.23. The zero-order chi connectivity index (χ0) is 9.84. The van der Waals surface area contributed by atoms with Crippen molar-refractivity contribution in [2.75, 3.05) is 6.54 Å². The van der Waals surface area contributed by atoms with Crippen LogP contribution in [0.2, 0.25) is 0 Å². The molecule has 0 bridgehead atoms. The minimum absolute atomic E-state index is 0.310. The van der Waals surface area contributed by atoms with Crippen LogP contribution in [0.25, 0.3) is 0 Å². The van der Waals surface area contributed by atoms with Gasteiger partial charge in [-0.25, -0.2) is 0 Å². The van der Waals surface area contributed by atoms with Crippen molar-refractivity contribution in [1.82, 2.24) is 4.90 Å². The van der Waals surface area contributed by atoms with E-state index in [9.17, 15) is 0 Å². The molecule has 1 fully saturated rings. The second-order valence-electron chi connectivity index (χ2n) is 4.14. The molecule has 13 heavy (non-hydrogen) atoms. The number of amidine groups is 1. The van der Waals surface area contributed by atoms with Crippen molar-refractivity contribution in [1.29, 1.82) is 5.41 Å². The van der Waals surface area contributed by atoms with Crippen LogP contribution in [-0.4, -0.2) is 29.4 Å². The summed E-state index contributed by atoms with van der Waals surface area (Å²) in [6.45, 7) is 5.50. The second-order valence-corrected chi connectivity index (χ2v) is 4.14. The molecule has 1 heterocycles. The quantitative estimate of drug-likeness (QED) is 0.515. The maximum Gasteiger partial charge on any atom is 0.0918 e. The number of likely N-dealkylation sites (tertiary alicyclic amines) is 1. The highest BCUT2D eigenvalue weighted by atomic mass is 15.2. The van der Waals surface area contributed by atoms with Crippen molar-refractivity contribution in [3.63, 3.8) is 0 Å². The van der Waals surface area contributed by atoms with Gasteiger partial charge in [0.05, 0.1) is 5.84 Å². The van der Waals surface area contributed by atoms with Crippen molar-refractivity contribution in [3.05, 3.63) is 0 Å². The van der Waals surface area contributed by atoms with Crippen LogP contribution in [0.15, 0.2) is 0 Å². The first-order chi connectivity index (χ1) is 6.11. The van der Waals surface area contributed by atoms with Crippen LogP contribution in [0.5, 0.6) is 0 Å². The molecule has 1 saturated heterocycles. The van der Waals surface area contributed by atoms with Crippen LogP contribution in [-0.2, 0) is 0 Å². The molecule has 0 saturated carbocycles. The number of piperidine rings is 1. The SMILES string of the molecule is CC1CCCC(C)N1CCC(=N)N. The molecule has 0 radical (unpaired) electrons. The van der Waals surface area contributed by atoms with Crippen LogP contribution in [0.3, 0.4) is 0 Å². The maximum absolute atomic E-state index is 7.20. The number of hydrogen-bond donors (Lipinski definition) is 2. The maximum atomic E-state index is 7.20. The predicted molar refractivity (Wildman–Crippen MR) is 56.0 cm³/mol. The monoisotopic (exact) mass is 183 g/mol. The van der Waals surface area contributed by atoms with Crippen LogP contribution in [0.4, 0.5) is 0 Å². The van der Waals surface area contributed by atoms with Crippen molar-refractivity contribution >= 4 is 5.84 Å². The minimum atomic E-state index is 0.310. The normalized spacial score (nSPS) is 30.3. The number of nitrogens with two attached hydrogens (primary N) is 1. The molecule has 0 aromatic heterocycles. The van der Waals surface area contributed by atoms with E-state index < -0.39 is 0 Å². The summed E-state index contributed by atoms with van der Waals surface area (Å²) in [7, 11) is 0. The first kappa shape index (κ1) is 10.5. The number of rotatable bonds is 3. The van der Waals surface area contributed by atoms with Gasteiger partial charge in [0.1, 0.15) is 0 Å². The van der Waals surface area contributed by atoms with E-state index in [1.54, 1.807) is 0 Å². The van der Waals surface area contributed by atoms with Gasteiger partial charge in [-0.15, -0.1) is 0 Å². The van der Waals surface area contributed by atoms with E-state index in [1.807, 2.05) is 0 Å². The van der Waals surface area contributed by atoms with E-state index in [0.29, 0.717) is 24.3 Å².